The molecule has 0 amide bonds. The maximum Gasteiger partial charge on any atom is 0.270 e. The minimum absolute atomic E-state index is 0.213. The smallest absolute Gasteiger partial charge is 0.262 e. The Labute approximate surface area is 67.9 Å². The van der Waals surface area contributed by atoms with Crippen LogP contribution in [0.2, 0.25) is 0 Å². The van der Waals surface area contributed by atoms with Crippen molar-refractivity contribution in [2.45, 2.75) is 38.7 Å². The molecule has 66 valence electrons. The van der Waals surface area contributed by atoms with Crippen molar-refractivity contribution < 1.29 is 12.6 Å². The zero-order valence-electron chi connectivity index (χ0n) is 6.96. The average molecular weight is 178 g/mol. The molecule has 0 bridgehead atoms. The highest BCUT2D eigenvalue weighted by molar-refractivity contribution is 7.88. The van der Waals surface area contributed by atoms with E-state index in [1.165, 1.54) is 0 Å². The van der Waals surface area contributed by atoms with Crippen molar-refractivity contribution >= 4 is 10.1 Å². The molecule has 1 heterocycles. The summed E-state index contributed by atoms with van der Waals surface area (Å²) in [6.07, 6.45) is 2.62. The maximum absolute atomic E-state index is 10.7. The molecule has 0 aromatic rings. The minimum atomic E-state index is -3.12. The molecule has 1 aliphatic rings. The van der Waals surface area contributed by atoms with E-state index >= 15 is 0 Å². The summed E-state index contributed by atoms with van der Waals surface area (Å²) in [5.41, 5.74) is -0.340. The van der Waals surface area contributed by atoms with Crippen molar-refractivity contribution in [2.24, 2.45) is 0 Å². The summed E-state index contributed by atoms with van der Waals surface area (Å²) in [6, 6.07) is 0. The first-order valence-electron chi connectivity index (χ1n) is 3.97. The lowest BCUT2D eigenvalue weighted by molar-refractivity contribution is 0.0403. The van der Waals surface area contributed by atoms with Gasteiger partial charge in [0.05, 0.1) is 0 Å². The van der Waals surface area contributed by atoms with Crippen LogP contribution in [-0.4, -0.2) is 19.8 Å². The van der Waals surface area contributed by atoms with Gasteiger partial charge >= 0.3 is 0 Å². The topological polar surface area (TPSA) is 43.4 Å². The molecule has 0 N–H and O–H groups in total. The second-order valence-corrected chi connectivity index (χ2v) is 4.64. The Kier molecular flexibility index (Phi) is 2.25. The molecular formula is C7H14O3S. The van der Waals surface area contributed by atoms with Gasteiger partial charge in [-0.05, 0) is 12.8 Å². The Balaban J connectivity index is 2.56. The fourth-order valence-corrected chi connectivity index (χ4v) is 3.21. The third kappa shape index (κ3) is 1.73. The fourth-order valence-electron chi connectivity index (χ4n) is 1.49. The summed E-state index contributed by atoms with van der Waals surface area (Å²) < 4.78 is 26.3. The molecule has 0 radical (unpaired) electrons. The SMILES string of the molecule is CCCC1(CC)CS(=O)(=O)O1. The van der Waals surface area contributed by atoms with Crippen LogP contribution in [0.4, 0.5) is 0 Å². The molecule has 0 saturated carbocycles. The zero-order chi connectivity index (χ0) is 8.54. The van der Waals surface area contributed by atoms with E-state index in [0.29, 0.717) is 0 Å². The van der Waals surface area contributed by atoms with Gasteiger partial charge in [0.1, 0.15) is 11.4 Å². The molecule has 1 atom stereocenters. The Morgan fingerprint density at radius 2 is 2.00 bits per heavy atom. The van der Waals surface area contributed by atoms with E-state index in [1.54, 1.807) is 0 Å². The van der Waals surface area contributed by atoms with Gasteiger partial charge in [-0.15, -0.1) is 0 Å². The second kappa shape index (κ2) is 2.75. The summed E-state index contributed by atoms with van der Waals surface area (Å²) in [4.78, 5) is 0. The lowest BCUT2D eigenvalue weighted by Gasteiger charge is -2.39. The molecule has 0 aliphatic carbocycles. The van der Waals surface area contributed by atoms with Gasteiger partial charge in [0, 0.05) is 0 Å². The predicted octanol–water partition coefficient (Wildman–Crippen LogP) is 1.30. The lowest BCUT2D eigenvalue weighted by Crippen LogP contribution is -2.51. The van der Waals surface area contributed by atoms with Crippen molar-refractivity contribution in [2.75, 3.05) is 5.75 Å². The third-order valence-electron chi connectivity index (χ3n) is 2.09. The molecule has 0 spiro atoms. The monoisotopic (exact) mass is 178 g/mol. The standard InChI is InChI=1S/C7H14O3S/c1-3-5-7(4-2)6-11(8,9)10-7/h3-6H2,1-2H3. The van der Waals surface area contributed by atoms with Gasteiger partial charge in [-0.1, -0.05) is 20.3 Å². The van der Waals surface area contributed by atoms with Crippen molar-refractivity contribution in [3.63, 3.8) is 0 Å². The van der Waals surface area contributed by atoms with Crippen LogP contribution in [-0.2, 0) is 14.3 Å². The van der Waals surface area contributed by atoms with E-state index in [2.05, 4.69) is 0 Å². The number of hydrogen-bond donors (Lipinski definition) is 0. The molecular weight excluding hydrogens is 164 g/mol. The van der Waals surface area contributed by atoms with Crippen molar-refractivity contribution in [3.8, 4) is 0 Å². The van der Waals surface area contributed by atoms with Gasteiger partial charge in [0.25, 0.3) is 10.1 Å². The predicted molar refractivity (Wildman–Crippen MR) is 42.8 cm³/mol. The van der Waals surface area contributed by atoms with Crippen LogP contribution in [0.15, 0.2) is 0 Å². The van der Waals surface area contributed by atoms with Gasteiger partial charge in [-0.3, -0.25) is 4.18 Å². The number of hydrogen-bond acceptors (Lipinski definition) is 3. The molecule has 3 nitrogen and oxygen atoms in total. The zero-order valence-corrected chi connectivity index (χ0v) is 7.78. The van der Waals surface area contributed by atoms with E-state index in [4.69, 9.17) is 4.18 Å². The summed E-state index contributed by atoms with van der Waals surface area (Å²) in [5.74, 6) is 0.213. The number of rotatable bonds is 3. The molecule has 1 rings (SSSR count). The van der Waals surface area contributed by atoms with Crippen LogP contribution >= 0.6 is 0 Å². The largest absolute Gasteiger partial charge is 0.270 e. The molecule has 1 aliphatic heterocycles. The molecule has 11 heavy (non-hydrogen) atoms. The molecule has 1 saturated heterocycles. The molecule has 0 aromatic carbocycles. The normalized spacial score (nSPS) is 34.7. The average Bonchev–Trinajstić information content (AvgIpc) is 1.84. The highest BCUT2D eigenvalue weighted by atomic mass is 32.2. The second-order valence-electron chi connectivity index (χ2n) is 3.07. The van der Waals surface area contributed by atoms with Crippen LogP contribution in [0, 0.1) is 0 Å². The van der Waals surface area contributed by atoms with Crippen molar-refractivity contribution in [3.05, 3.63) is 0 Å². The first-order chi connectivity index (χ1) is 5.04. The van der Waals surface area contributed by atoms with Crippen LogP contribution in [0.1, 0.15) is 33.1 Å². The van der Waals surface area contributed by atoms with Crippen molar-refractivity contribution in [1.29, 1.82) is 0 Å². The summed E-state index contributed by atoms with van der Waals surface area (Å²) in [7, 11) is -3.12. The highest BCUT2D eigenvalue weighted by Crippen LogP contribution is 2.35. The summed E-state index contributed by atoms with van der Waals surface area (Å²) >= 11 is 0. The van der Waals surface area contributed by atoms with Crippen LogP contribution < -0.4 is 0 Å². The first-order valence-corrected chi connectivity index (χ1v) is 5.55. The van der Waals surface area contributed by atoms with Gasteiger partial charge in [0.2, 0.25) is 0 Å². The molecule has 4 heteroatoms. The minimum Gasteiger partial charge on any atom is -0.262 e. The van der Waals surface area contributed by atoms with E-state index in [9.17, 15) is 8.42 Å². The Morgan fingerprint density at radius 1 is 1.45 bits per heavy atom. The third-order valence-corrected chi connectivity index (χ3v) is 3.58. The quantitative estimate of drug-likeness (QED) is 0.612. The Hall–Kier alpha value is -0.0900. The maximum atomic E-state index is 10.7. The van der Waals surface area contributed by atoms with Gasteiger partial charge in [0.15, 0.2) is 0 Å². The van der Waals surface area contributed by atoms with Crippen LogP contribution in [0.25, 0.3) is 0 Å². The summed E-state index contributed by atoms with van der Waals surface area (Å²) in [6.45, 7) is 4.00. The molecule has 1 unspecified atom stereocenters. The fraction of sp³-hybridized carbons (Fsp3) is 1.00. The van der Waals surface area contributed by atoms with Gasteiger partial charge in [-0.25, -0.2) is 0 Å². The lowest BCUT2D eigenvalue weighted by atomic mass is 9.97. The highest BCUT2D eigenvalue weighted by Gasteiger charge is 2.47. The van der Waals surface area contributed by atoms with Gasteiger partial charge in [-0.2, -0.15) is 8.42 Å². The van der Waals surface area contributed by atoms with Crippen LogP contribution in [0.5, 0.6) is 0 Å². The van der Waals surface area contributed by atoms with E-state index in [-0.39, 0.29) is 11.4 Å². The van der Waals surface area contributed by atoms with Gasteiger partial charge < -0.3 is 0 Å². The molecule has 1 fully saturated rings. The van der Waals surface area contributed by atoms with E-state index in [0.717, 1.165) is 19.3 Å². The Bertz CT molecular complexity index is 218. The molecule has 0 aromatic heterocycles. The van der Waals surface area contributed by atoms with E-state index < -0.39 is 10.1 Å². The Morgan fingerprint density at radius 3 is 2.27 bits per heavy atom. The van der Waals surface area contributed by atoms with E-state index in [1.807, 2.05) is 13.8 Å². The first kappa shape index (κ1) is 9.00. The van der Waals surface area contributed by atoms with Crippen molar-refractivity contribution in [1.82, 2.24) is 0 Å². The van der Waals surface area contributed by atoms with Crippen LogP contribution in [0.3, 0.4) is 0 Å². The summed E-state index contributed by atoms with van der Waals surface area (Å²) in [5, 5.41) is 0.